The fraction of sp³-hybridized carbons (Fsp3) is 0.318. The normalized spacial score (nSPS) is 16.4. The van der Waals surface area contributed by atoms with E-state index < -0.39 is 0 Å². The monoisotopic (exact) mass is 334 g/mol. The number of fused-ring (bicyclic) bond motifs is 1. The lowest BCUT2D eigenvalue weighted by Gasteiger charge is -2.36. The molecule has 0 saturated heterocycles. The number of nitrogens with one attached hydrogen (secondary N) is 1. The molecule has 1 N–H and O–H groups in total. The summed E-state index contributed by atoms with van der Waals surface area (Å²) < 4.78 is 0. The van der Waals surface area contributed by atoms with E-state index in [1.807, 2.05) is 0 Å². The van der Waals surface area contributed by atoms with E-state index in [1.54, 1.807) is 0 Å². The molecule has 0 saturated carbocycles. The Bertz CT molecular complexity index is 749. The SMILES string of the molecule is C=CC(=O)NCC1Cc2ccccc2N(c2ccc(C(C)C)cc2)C1. The molecule has 0 aromatic heterocycles. The zero-order valence-electron chi connectivity index (χ0n) is 15.0. The van der Waals surface area contributed by atoms with Crippen molar-refractivity contribution in [3.8, 4) is 0 Å². The molecule has 1 aliphatic rings. The summed E-state index contributed by atoms with van der Waals surface area (Å²) in [7, 11) is 0. The Labute approximate surface area is 150 Å². The number of rotatable bonds is 5. The minimum atomic E-state index is -0.105. The van der Waals surface area contributed by atoms with Crippen molar-refractivity contribution in [1.82, 2.24) is 5.32 Å². The lowest BCUT2D eigenvalue weighted by molar-refractivity contribution is -0.116. The van der Waals surface area contributed by atoms with Gasteiger partial charge in [0.2, 0.25) is 5.91 Å². The maximum absolute atomic E-state index is 11.5. The van der Waals surface area contributed by atoms with Crippen LogP contribution in [0.1, 0.15) is 30.9 Å². The van der Waals surface area contributed by atoms with E-state index in [9.17, 15) is 4.79 Å². The summed E-state index contributed by atoms with van der Waals surface area (Å²) in [4.78, 5) is 13.9. The lowest BCUT2D eigenvalue weighted by Crippen LogP contribution is -2.38. The van der Waals surface area contributed by atoms with Crippen LogP contribution in [0.5, 0.6) is 0 Å². The zero-order valence-corrected chi connectivity index (χ0v) is 15.0. The van der Waals surface area contributed by atoms with Gasteiger partial charge < -0.3 is 10.2 Å². The predicted octanol–water partition coefficient (Wildman–Crippen LogP) is 4.42. The third-order valence-electron chi connectivity index (χ3n) is 4.85. The van der Waals surface area contributed by atoms with Gasteiger partial charge in [0, 0.05) is 24.5 Å². The quantitative estimate of drug-likeness (QED) is 0.821. The molecule has 1 amide bonds. The molecule has 0 spiro atoms. The number of hydrogen-bond donors (Lipinski definition) is 1. The highest BCUT2D eigenvalue weighted by molar-refractivity contribution is 5.86. The molecule has 0 bridgehead atoms. The number of hydrogen-bond acceptors (Lipinski definition) is 2. The summed E-state index contributed by atoms with van der Waals surface area (Å²) in [5.41, 5.74) is 5.16. The number of amides is 1. The van der Waals surface area contributed by atoms with Gasteiger partial charge in [-0.3, -0.25) is 4.79 Å². The smallest absolute Gasteiger partial charge is 0.243 e. The van der Waals surface area contributed by atoms with Crippen molar-refractivity contribution >= 4 is 17.3 Å². The van der Waals surface area contributed by atoms with E-state index in [1.165, 1.54) is 28.6 Å². The minimum Gasteiger partial charge on any atom is -0.352 e. The molecule has 3 heteroatoms. The highest BCUT2D eigenvalue weighted by atomic mass is 16.1. The Morgan fingerprint density at radius 3 is 2.64 bits per heavy atom. The van der Waals surface area contributed by atoms with Crippen LogP contribution in [0, 0.1) is 5.92 Å². The Hall–Kier alpha value is -2.55. The standard InChI is InChI=1S/C22H26N2O/c1-4-22(25)23-14-17-13-19-7-5-6-8-21(19)24(15-17)20-11-9-18(10-12-20)16(2)3/h4-12,16-17H,1,13-15H2,2-3H3,(H,23,25). The Morgan fingerprint density at radius 1 is 1.24 bits per heavy atom. The predicted molar refractivity (Wildman–Crippen MR) is 104 cm³/mol. The van der Waals surface area contributed by atoms with Crippen LogP contribution in [-0.2, 0) is 11.2 Å². The first kappa shape index (κ1) is 17.3. The van der Waals surface area contributed by atoms with Crippen LogP contribution in [0.15, 0.2) is 61.2 Å². The van der Waals surface area contributed by atoms with Crippen molar-refractivity contribution in [2.45, 2.75) is 26.2 Å². The molecule has 3 nitrogen and oxygen atoms in total. The third kappa shape index (κ3) is 3.93. The van der Waals surface area contributed by atoms with Gasteiger partial charge in [0.05, 0.1) is 0 Å². The highest BCUT2D eigenvalue weighted by Crippen LogP contribution is 2.35. The zero-order chi connectivity index (χ0) is 17.8. The van der Waals surface area contributed by atoms with E-state index in [-0.39, 0.29) is 5.91 Å². The third-order valence-corrected chi connectivity index (χ3v) is 4.85. The average molecular weight is 334 g/mol. The number of para-hydroxylation sites is 1. The van der Waals surface area contributed by atoms with Gasteiger partial charge in [0.25, 0.3) is 0 Å². The van der Waals surface area contributed by atoms with Crippen molar-refractivity contribution in [3.63, 3.8) is 0 Å². The van der Waals surface area contributed by atoms with E-state index in [0.29, 0.717) is 18.4 Å². The first-order chi connectivity index (χ1) is 12.1. The van der Waals surface area contributed by atoms with Crippen molar-refractivity contribution in [1.29, 1.82) is 0 Å². The Balaban J connectivity index is 1.85. The molecule has 0 fully saturated rings. The number of nitrogens with zero attached hydrogens (tertiary/aromatic N) is 1. The van der Waals surface area contributed by atoms with Gasteiger partial charge in [-0.25, -0.2) is 0 Å². The minimum absolute atomic E-state index is 0.105. The largest absolute Gasteiger partial charge is 0.352 e. The van der Waals surface area contributed by atoms with Crippen LogP contribution < -0.4 is 10.2 Å². The molecule has 1 aliphatic heterocycles. The molecule has 25 heavy (non-hydrogen) atoms. The van der Waals surface area contributed by atoms with Crippen LogP contribution in [0.25, 0.3) is 0 Å². The second-order valence-electron chi connectivity index (χ2n) is 7.00. The molecular formula is C22H26N2O. The summed E-state index contributed by atoms with van der Waals surface area (Å²) in [6.07, 6.45) is 2.31. The van der Waals surface area contributed by atoms with Gasteiger partial charge >= 0.3 is 0 Å². The fourth-order valence-corrected chi connectivity index (χ4v) is 3.42. The van der Waals surface area contributed by atoms with Gasteiger partial charge in [-0.15, -0.1) is 0 Å². The van der Waals surface area contributed by atoms with Crippen molar-refractivity contribution in [3.05, 3.63) is 72.3 Å². The van der Waals surface area contributed by atoms with E-state index >= 15 is 0 Å². The number of benzene rings is 2. The topological polar surface area (TPSA) is 32.3 Å². The van der Waals surface area contributed by atoms with Crippen molar-refractivity contribution in [2.75, 3.05) is 18.0 Å². The Morgan fingerprint density at radius 2 is 1.96 bits per heavy atom. The van der Waals surface area contributed by atoms with Crippen molar-refractivity contribution < 1.29 is 4.79 Å². The maximum atomic E-state index is 11.5. The van der Waals surface area contributed by atoms with Crippen LogP contribution in [0.2, 0.25) is 0 Å². The highest BCUT2D eigenvalue weighted by Gasteiger charge is 2.25. The summed E-state index contributed by atoms with van der Waals surface area (Å²) in [5, 5.41) is 2.95. The van der Waals surface area contributed by atoms with E-state index in [4.69, 9.17) is 0 Å². The number of carbonyl (C=O) groups excluding carboxylic acids is 1. The summed E-state index contributed by atoms with van der Waals surface area (Å²) in [6.45, 7) is 9.51. The molecule has 2 aromatic carbocycles. The van der Waals surface area contributed by atoms with E-state index in [0.717, 1.165) is 13.0 Å². The molecule has 2 aromatic rings. The molecular weight excluding hydrogens is 308 g/mol. The summed E-state index contributed by atoms with van der Waals surface area (Å²) in [6, 6.07) is 17.4. The van der Waals surface area contributed by atoms with Gasteiger partial charge in [-0.2, -0.15) is 0 Å². The Kier molecular flexibility index (Phi) is 5.22. The molecule has 1 unspecified atom stereocenters. The van der Waals surface area contributed by atoms with Crippen LogP contribution in [0.3, 0.4) is 0 Å². The molecule has 3 rings (SSSR count). The fourth-order valence-electron chi connectivity index (χ4n) is 3.42. The van der Waals surface area contributed by atoms with Crippen molar-refractivity contribution in [2.24, 2.45) is 5.92 Å². The molecule has 130 valence electrons. The summed E-state index contributed by atoms with van der Waals surface area (Å²) >= 11 is 0. The second kappa shape index (κ2) is 7.56. The molecule has 1 heterocycles. The van der Waals surface area contributed by atoms with Gasteiger partial charge in [-0.05, 0) is 53.7 Å². The summed E-state index contributed by atoms with van der Waals surface area (Å²) in [5.74, 6) is 0.805. The molecule has 1 atom stereocenters. The molecule has 0 radical (unpaired) electrons. The van der Waals surface area contributed by atoms with Crippen LogP contribution in [-0.4, -0.2) is 19.0 Å². The second-order valence-corrected chi connectivity index (χ2v) is 7.00. The van der Waals surface area contributed by atoms with Gasteiger partial charge in [-0.1, -0.05) is 50.8 Å². The number of carbonyl (C=O) groups is 1. The first-order valence-corrected chi connectivity index (χ1v) is 8.94. The van der Waals surface area contributed by atoms with Crippen LogP contribution in [0.4, 0.5) is 11.4 Å². The molecule has 0 aliphatic carbocycles. The number of anilines is 2. The lowest BCUT2D eigenvalue weighted by atomic mass is 9.91. The van der Waals surface area contributed by atoms with Crippen LogP contribution >= 0.6 is 0 Å². The first-order valence-electron chi connectivity index (χ1n) is 8.94. The van der Waals surface area contributed by atoms with Gasteiger partial charge in [0.15, 0.2) is 0 Å². The van der Waals surface area contributed by atoms with E-state index in [2.05, 4.69) is 79.2 Å². The average Bonchev–Trinajstić information content (AvgIpc) is 2.65. The van der Waals surface area contributed by atoms with Gasteiger partial charge in [0.1, 0.15) is 0 Å². The maximum Gasteiger partial charge on any atom is 0.243 e.